The van der Waals surface area contributed by atoms with E-state index in [0.29, 0.717) is 4.48 Å². The third kappa shape index (κ3) is 1.92. The summed E-state index contributed by atoms with van der Waals surface area (Å²) < 4.78 is 0.344. The van der Waals surface area contributed by atoms with Crippen LogP contribution in [0.5, 0.6) is 0 Å². The van der Waals surface area contributed by atoms with Gasteiger partial charge in [0.05, 0.1) is 14.1 Å². The van der Waals surface area contributed by atoms with Gasteiger partial charge in [-0.3, -0.25) is 4.48 Å². The van der Waals surface area contributed by atoms with Crippen molar-refractivity contribution in [3.05, 3.63) is 30.5 Å². The predicted octanol–water partition coefficient (Wildman–Crippen LogP) is 1.82. The van der Waals surface area contributed by atoms with Crippen LogP contribution in [-0.2, 0) is 4.79 Å². The number of carbonyl (C=O) groups is 1. The van der Waals surface area contributed by atoms with Gasteiger partial charge in [0.15, 0.2) is 6.54 Å². The highest BCUT2D eigenvalue weighted by Crippen LogP contribution is 2.23. The predicted molar refractivity (Wildman–Crippen MR) is 64.4 cm³/mol. The third-order valence-electron chi connectivity index (χ3n) is 2.77. The van der Waals surface area contributed by atoms with Crippen LogP contribution < -0.4 is 4.48 Å². The van der Waals surface area contributed by atoms with Crippen molar-refractivity contribution in [2.24, 2.45) is 0 Å². The van der Waals surface area contributed by atoms with E-state index < -0.39 is 5.97 Å². The standard InChI is InChI=1S/C12H14N2O2/c1-14(2,8-12(15)16)10-3-4-11-9(7-10)5-6-13-11/h3-7,13H,8H2,1-2H3/p+1. The molecule has 0 bridgehead atoms. The molecule has 0 unspecified atom stereocenters. The van der Waals surface area contributed by atoms with Gasteiger partial charge in [-0.15, -0.1) is 0 Å². The minimum Gasteiger partial charge on any atom is -0.477 e. The number of rotatable bonds is 3. The van der Waals surface area contributed by atoms with Crippen LogP contribution in [0.15, 0.2) is 30.5 Å². The van der Waals surface area contributed by atoms with Crippen molar-refractivity contribution in [1.82, 2.24) is 9.47 Å². The molecule has 0 amide bonds. The van der Waals surface area contributed by atoms with Crippen molar-refractivity contribution in [2.45, 2.75) is 0 Å². The van der Waals surface area contributed by atoms with Gasteiger partial charge in [-0.2, -0.15) is 0 Å². The lowest BCUT2D eigenvalue weighted by Crippen LogP contribution is -2.44. The van der Waals surface area contributed by atoms with Gasteiger partial charge in [-0.1, -0.05) is 0 Å². The fourth-order valence-corrected chi connectivity index (χ4v) is 1.85. The maximum atomic E-state index is 10.8. The van der Waals surface area contributed by atoms with Crippen LogP contribution in [0, 0.1) is 0 Å². The lowest BCUT2D eigenvalue weighted by molar-refractivity contribution is -0.137. The van der Waals surface area contributed by atoms with Gasteiger partial charge in [0.25, 0.3) is 0 Å². The smallest absolute Gasteiger partial charge is 0.359 e. The molecule has 0 aliphatic rings. The Morgan fingerprint density at radius 2 is 2.12 bits per heavy atom. The number of fused-ring (bicyclic) bond motifs is 1. The monoisotopic (exact) mass is 219 g/mol. The lowest BCUT2D eigenvalue weighted by Gasteiger charge is -2.27. The van der Waals surface area contributed by atoms with Crippen molar-refractivity contribution < 1.29 is 9.90 Å². The first kappa shape index (κ1) is 10.7. The Balaban J connectivity index is 2.41. The molecule has 1 aromatic heterocycles. The first-order valence-electron chi connectivity index (χ1n) is 5.11. The number of aliphatic carboxylic acids is 1. The Labute approximate surface area is 93.7 Å². The molecule has 0 saturated heterocycles. The summed E-state index contributed by atoms with van der Waals surface area (Å²) in [5.41, 5.74) is 2.06. The second kappa shape index (κ2) is 3.64. The van der Waals surface area contributed by atoms with Crippen molar-refractivity contribution >= 4 is 22.6 Å². The van der Waals surface area contributed by atoms with Gasteiger partial charge >= 0.3 is 5.97 Å². The molecule has 16 heavy (non-hydrogen) atoms. The molecule has 0 aliphatic carbocycles. The Kier molecular flexibility index (Phi) is 2.44. The number of likely N-dealkylation sites (N-methyl/N-ethyl adjacent to an activating group) is 1. The SMILES string of the molecule is C[N+](C)(CC(=O)O)c1ccc2[nH]ccc2c1. The van der Waals surface area contributed by atoms with Crippen LogP contribution >= 0.6 is 0 Å². The Bertz CT molecular complexity index is 529. The average molecular weight is 219 g/mol. The number of hydrogen-bond acceptors (Lipinski definition) is 1. The molecule has 0 spiro atoms. The van der Waals surface area contributed by atoms with Crippen LogP contribution in [-0.4, -0.2) is 36.7 Å². The number of H-pyrrole nitrogens is 1. The van der Waals surface area contributed by atoms with Crippen molar-refractivity contribution in [3.8, 4) is 0 Å². The van der Waals surface area contributed by atoms with Gasteiger partial charge in [0, 0.05) is 29.2 Å². The van der Waals surface area contributed by atoms with Crippen LogP contribution in [0.3, 0.4) is 0 Å². The highest BCUT2D eigenvalue weighted by molar-refractivity contribution is 5.83. The summed E-state index contributed by atoms with van der Waals surface area (Å²) in [6.45, 7) is 0.0793. The molecule has 1 aromatic carbocycles. The second-order valence-corrected chi connectivity index (χ2v) is 4.49. The van der Waals surface area contributed by atoms with Gasteiger partial charge < -0.3 is 10.1 Å². The molecule has 0 atom stereocenters. The van der Waals surface area contributed by atoms with E-state index in [0.717, 1.165) is 16.6 Å². The minimum atomic E-state index is -0.792. The number of nitrogens with zero attached hydrogens (tertiary/aromatic N) is 1. The molecule has 2 rings (SSSR count). The first-order chi connectivity index (χ1) is 7.49. The summed E-state index contributed by atoms with van der Waals surface area (Å²) in [5, 5.41) is 9.97. The maximum absolute atomic E-state index is 10.8. The van der Waals surface area contributed by atoms with E-state index in [2.05, 4.69) is 4.98 Å². The molecule has 1 heterocycles. The summed E-state index contributed by atoms with van der Waals surface area (Å²) >= 11 is 0. The summed E-state index contributed by atoms with van der Waals surface area (Å²) in [4.78, 5) is 13.9. The van der Waals surface area contributed by atoms with E-state index in [1.165, 1.54) is 0 Å². The second-order valence-electron chi connectivity index (χ2n) is 4.49. The molecule has 0 saturated carbocycles. The molecule has 2 N–H and O–H groups in total. The molecular formula is C12H15N2O2+. The van der Waals surface area contributed by atoms with Crippen LogP contribution in [0.1, 0.15) is 0 Å². The number of aromatic amines is 1. The van der Waals surface area contributed by atoms with Crippen LogP contribution in [0.25, 0.3) is 10.9 Å². The summed E-state index contributed by atoms with van der Waals surface area (Å²) in [5.74, 6) is -0.792. The summed E-state index contributed by atoms with van der Waals surface area (Å²) in [6, 6.07) is 7.95. The van der Waals surface area contributed by atoms with E-state index in [9.17, 15) is 4.79 Å². The molecule has 4 nitrogen and oxygen atoms in total. The Hall–Kier alpha value is -1.81. The van der Waals surface area contributed by atoms with Crippen LogP contribution in [0.4, 0.5) is 5.69 Å². The van der Waals surface area contributed by atoms with E-state index in [-0.39, 0.29) is 6.54 Å². The molecule has 84 valence electrons. The van der Waals surface area contributed by atoms with E-state index in [4.69, 9.17) is 5.11 Å². The largest absolute Gasteiger partial charge is 0.477 e. The van der Waals surface area contributed by atoms with Gasteiger partial charge in [0.2, 0.25) is 0 Å². The van der Waals surface area contributed by atoms with Gasteiger partial charge in [-0.25, -0.2) is 4.79 Å². The zero-order valence-corrected chi connectivity index (χ0v) is 9.40. The Morgan fingerprint density at radius 3 is 2.81 bits per heavy atom. The molecule has 2 aromatic rings. The topological polar surface area (TPSA) is 53.1 Å². The molecule has 0 aliphatic heterocycles. The van der Waals surface area contributed by atoms with Crippen molar-refractivity contribution in [2.75, 3.05) is 20.6 Å². The number of hydrogen-bond donors (Lipinski definition) is 2. The highest BCUT2D eigenvalue weighted by Gasteiger charge is 2.22. The molecule has 0 radical (unpaired) electrons. The average Bonchev–Trinajstić information content (AvgIpc) is 2.61. The zero-order chi connectivity index (χ0) is 11.8. The molecular weight excluding hydrogens is 204 g/mol. The highest BCUT2D eigenvalue weighted by atomic mass is 16.4. The van der Waals surface area contributed by atoms with E-state index >= 15 is 0 Å². The first-order valence-corrected chi connectivity index (χ1v) is 5.11. The van der Waals surface area contributed by atoms with E-state index in [1.807, 2.05) is 44.6 Å². The van der Waals surface area contributed by atoms with Crippen molar-refractivity contribution in [1.29, 1.82) is 0 Å². The summed E-state index contributed by atoms with van der Waals surface area (Å²) in [7, 11) is 3.78. The lowest BCUT2D eigenvalue weighted by atomic mass is 10.2. The molecule has 0 fully saturated rings. The normalized spacial score (nSPS) is 11.9. The zero-order valence-electron chi connectivity index (χ0n) is 9.40. The fourth-order valence-electron chi connectivity index (χ4n) is 1.85. The van der Waals surface area contributed by atoms with E-state index in [1.54, 1.807) is 0 Å². The fraction of sp³-hybridized carbons (Fsp3) is 0.250. The Morgan fingerprint density at radius 1 is 1.38 bits per heavy atom. The molecule has 4 heteroatoms. The number of carboxylic acid groups (broad SMARTS) is 1. The number of nitrogens with one attached hydrogen (secondary N) is 1. The third-order valence-corrected chi connectivity index (χ3v) is 2.77. The number of carboxylic acids is 1. The number of benzene rings is 1. The van der Waals surface area contributed by atoms with Gasteiger partial charge in [-0.05, 0) is 12.1 Å². The minimum absolute atomic E-state index is 0.0793. The maximum Gasteiger partial charge on any atom is 0.359 e. The number of aromatic nitrogens is 1. The van der Waals surface area contributed by atoms with Crippen molar-refractivity contribution in [3.63, 3.8) is 0 Å². The quantitative estimate of drug-likeness (QED) is 0.774. The number of quaternary nitrogens is 1. The van der Waals surface area contributed by atoms with Gasteiger partial charge in [0.1, 0.15) is 5.69 Å². The summed E-state index contributed by atoms with van der Waals surface area (Å²) in [6.07, 6.45) is 1.88. The van der Waals surface area contributed by atoms with Crippen LogP contribution in [0.2, 0.25) is 0 Å².